The van der Waals surface area contributed by atoms with Gasteiger partial charge in [0.2, 0.25) is 0 Å². The van der Waals surface area contributed by atoms with Gasteiger partial charge in [-0.25, -0.2) is 0 Å². The van der Waals surface area contributed by atoms with E-state index in [1.165, 1.54) is 5.56 Å². The number of hydrogen-bond donors (Lipinski definition) is 1. The van der Waals surface area contributed by atoms with Gasteiger partial charge in [0, 0.05) is 6.61 Å². The zero-order valence-electron chi connectivity index (χ0n) is 14.3. The maximum absolute atomic E-state index is 8.58. The van der Waals surface area contributed by atoms with Crippen molar-refractivity contribution in [2.75, 3.05) is 6.61 Å². The summed E-state index contributed by atoms with van der Waals surface area (Å²) in [6, 6.07) is 14.2. The Bertz CT molecular complexity index is 480. The first-order valence-corrected chi connectivity index (χ1v) is 7.03. The van der Waals surface area contributed by atoms with Crippen LogP contribution in [0.25, 0.3) is 0 Å². The van der Waals surface area contributed by atoms with E-state index in [4.69, 9.17) is 15.6 Å². The Hall–Kier alpha value is -2.24. The molecule has 0 fully saturated rings. The molecule has 0 aliphatic rings. The van der Waals surface area contributed by atoms with Crippen molar-refractivity contribution >= 4 is 0 Å². The van der Waals surface area contributed by atoms with E-state index in [0.717, 1.165) is 0 Å². The lowest BCUT2D eigenvalue weighted by molar-refractivity contribution is 0.318. The van der Waals surface area contributed by atoms with E-state index in [-0.39, 0.29) is 6.61 Å². The molecule has 5 heteroatoms. The summed E-state index contributed by atoms with van der Waals surface area (Å²) >= 11 is 0. The highest BCUT2D eigenvalue weighted by molar-refractivity contribution is 5.11. The van der Waals surface area contributed by atoms with Gasteiger partial charge < -0.3 is 5.11 Å². The summed E-state index contributed by atoms with van der Waals surface area (Å²) in [6.07, 6.45) is 0. The first-order valence-electron chi connectivity index (χ1n) is 7.03. The molecule has 5 nitrogen and oxygen atoms in total. The third-order valence-electron chi connectivity index (χ3n) is 2.04. The van der Waals surface area contributed by atoms with Gasteiger partial charge in [-0.1, -0.05) is 35.9 Å². The van der Waals surface area contributed by atoms with E-state index in [0.29, 0.717) is 0 Å². The number of nitriles is 2. The molecular weight excluding hydrogens is 276 g/mol. The molecule has 0 spiro atoms. The second-order valence-electron chi connectivity index (χ2n) is 5.51. The normalized spacial score (nSPS) is 10.4. The SMILES string of the molecule is CC(C)(C#N)/N=N/C(C)(C)C#N.CCO.Cc1ccccc1. The summed E-state index contributed by atoms with van der Waals surface area (Å²) in [6.45, 7) is 10.6. The number of aliphatic hydroxyl groups excluding tert-OH is 1. The molecule has 0 radical (unpaired) electrons. The number of aryl methyl sites for hydroxylation is 1. The zero-order valence-corrected chi connectivity index (χ0v) is 14.3. The maximum Gasteiger partial charge on any atom is 0.162 e. The maximum atomic E-state index is 8.58. The van der Waals surface area contributed by atoms with Crippen LogP contribution in [0, 0.1) is 29.6 Å². The largest absolute Gasteiger partial charge is 0.397 e. The monoisotopic (exact) mass is 302 g/mol. The van der Waals surface area contributed by atoms with Crippen molar-refractivity contribution in [2.45, 2.75) is 52.6 Å². The van der Waals surface area contributed by atoms with E-state index in [1.54, 1.807) is 34.6 Å². The van der Waals surface area contributed by atoms with E-state index < -0.39 is 11.1 Å². The number of aliphatic hydroxyl groups is 1. The van der Waals surface area contributed by atoms with Crippen LogP contribution in [-0.4, -0.2) is 22.8 Å². The lowest BCUT2D eigenvalue weighted by Crippen LogP contribution is -2.17. The molecule has 1 aromatic carbocycles. The van der Waals surface area contributed by atoms with E-state index in [9.17, 15) is 0 Å². The molecule has 0 aliphatic heterocycles. The minimum atomic E-state index is -0.839. The van der Waals surface area contributed by atoms with Gasteiger partial charge in [0.15, 0.2) is 11.1 Å². The molecule has 1 rings (SSSR count). The van der Waals surface area contributed by atoms with Gasteiger partial charge in [-0.3, -0.25) is 0 Å². The van der Waals surface area contributed by atoms with Gasteiger partial charge >= 0.3 is 0 Å². The van der Waals surface area contributed by atoms with Crippen molar-refractivity contribution in [3.63, 3.8) is 0 Å². The van der Waals surface area contributed by atoms with Crippen LogP contribution in [0.5, 0.6) is 0 Å². The predicted octanol–water partition coefficient (Wildman–Crippen LogP) is 4.04. The van der Waals surface area contributed by atoms with Crippen molar-refractivity contribution in [3.05, 3.63) is 35.9 Å². The number of benzene rings is 1. The second-order valence-corrected chi connectivity index (χ2v) is 5.51. The highest BCUT2D eigenvalue weighted by Crippen LogP contribution is 2.13. The number of nitrogens with zero attached hydrogens (tertiary/aromatic N) is 4. The Labute approximate surface area is 133 Å². The van der Waals surface area contributed by atoms with Crippen molar-refractivity contribution in [2.24, 2.45) is 10.2 Å². The Kier molecular flexibility index (Phi) is 11.4. The topological polar surface area (TPSA) is 92.5 Å². The molecule has 1 aromatic rings. The first kappa shape index (κ1) is 22.0. The summed E-state index contributed by atoms with van der Waals surface area (Å²) in [4.78, 5) is 0. The summed E-state index contributed by atoms with van der Waals surface area (Å²) < 4.78 is 0. The van der Waals surface area contributed by atoms with Gasteiger partial charge in [-0.2, -0.15) is 20.8 Å². The minimum Gasteiger partial charge on any atom is -0.397 e. The zero-order chi connectivity index (χ0) is 17.6. The van der Waals surface area contributed by atoms with Crippen molar-refractivity contribution < 1.29 is 5.11 Å². The third kappa shape index (κ3) is 14.2. The molecule has 0 amide bonds. The third-order valence-corrected chi connectivity index (χ3v) is 2.04. The molecule has 22 heavy (non-hydrogen) atoms. The quantitative estimate of drug-likeness (QED) is 0.835. The lowest BCUT2D eigenvalue weighted by atomic mass is 10.1. The van der Waals surface area contributed by atoms with E-state index >= 15 is 0 Å². The Morgan fingerprint density at radius 3 is 1.45 bits per heavy atom. The van der Waals surface area contributed by atoms with E-state index in [2.05, 4.69) is 29.3 Å². The molecule has 1 N–H and O–H groups in total. The Balaban J connectivity index is 0. The average Bonchev–Trinajstić information content (AvgIpc) is 2.48. The molecule has 0 unspecified atom stereocenters. The summed E-state index contributed by atoms with van der Waals surface area (Å²) in [5.41, 5.74) is -0.357. The number of rotatable bonds is 2. The molecule has 0 aromatic heterocycles. The van der Waals surface area contributed by atoms with Crippen LogP contribution in [0.15, 0.2) is 40.6 Å². The van der Waals surface area contributed by atoms with Crippen LogP contribution in [0.3, 0.4) is 0 Å². The van der Waals surface area contributed by atoms with Gasteiger partial charge in [-0.05, 0) is 41.5 Å². The van der Waals surface area contributed by atoms with E-state index in [1.807, 2.05) is 30.3 Å². The lowest BCUT2D eigenvalue weighted by Gasteiger charge is -2.11. The predicted molar refractivity (Wildman–Crippen MR) is 88.2 cm³/mol. The smallest absolute Gasteiger partial charge is 0.162 e. The summed E-state index contributed by atoms with van der Waals surface area (Å²) in [5, 5.41) is 32.2. The Morgan fingerprint density at radius 1 is 0.955 bits per heavy atom. The van der Waals surface area contributed by atoms with Gasteiger partial charge in [0.1, 0.15) is 0 Å². The minimum absolute atomic E-state index is 0.250. The average molecular weight is 302 g/mol. The van der Waals surface area contributed by atoms with Crippen LogP contribution in [-0.2, 0) is 0 Å². The summed E-state index contributed by atoms with van der Waals surface area (Å²) in [5.74, 6) is 0. The molecule has 0 saturated heterocycles. The fourth-order valence-electron chi connectivity index (χ4n) is 0.829. The van der Waals surface area contributed by atoms with Crippen LogP contribution >= 0.6 is 0 Å². The Morgan fingerprint density at radius 2 is 1.27 bits per heavy atom. The highest BCUT2D eigenvalue weighted by Gasteiger charge is 2.19. The molecule has 0 saturated carbocycles. The molecule has 0 atom stereocenters. The number of hydrogen-bond acceptors (Lipinski definition) is 5. The molecular formula is C17H26N4O. The fourth-order valence-corrected chi connectivity index (χ4v) is 0.829. The molecule has 0 aliphatic carbocycles. The van der Waals surface area contributed by atoms with Crippen molar-refractivity contribution in [1.29, 1.82) is 10.5 Å². The second kappa shape index (κ2) is 11.4. The molecule has 120 valence electrons. The van der Waals surface area contributed by atoms with Gasteiger partial charge in [0.25, 0.3) is 0 Å². The highest BCUT2D eigenvalue weighted by atomic mass is 16.2. The van der Waals surface area contributed by atoms with Gasteiger partial charge in [-0.15, -0.1) is 0 Å². The fraction of sp³-hybridized carbons (Fsp3) is 0.529. The van der Waals surface area contributed by atoms with Crippen molar-refractivity contribution in [3.8, 4) is 12.1 Å². The van der Waals surface area contributed by atoms with Crippen molar-refractivity contribution in [1.82, 2.24) is 0 Å². The molecule has 0 bridgehead atoms. The number of azo groups is 1. The van der Waals surface area contributed by atoms with Crippen LogP contribution in [0.1, 0.15) is 40.2 Å². The van der Waals surface area contributed by atoms with Crippen LogP contribution in [0.4, 0.5) is 0 Å². The standard InChI is InChI=1S/C8H12N4.C7H8.C2H6O/c1-7(2,5-9)11-12-8(3,4)6-10;1-7-5-3-2-4-6-7;1-2-3/h1-4H3;2-6H,1H3;3H,2H2,1H3/b12-11+;;. The van der Waals surface area contributed by atoms with Crippen LogP contribution in [0.2, 0.25) is 0 Å². The van der Waals surface area contributed by atoms with Gasteiger partial charge in [0.05, 0.1) is 12.1 Å². The summed E-state index contributed by atoms with van der Waals surface area (Å²) in [7, 11) is 0. The molecule has 0 heterocycles. The van der Waals surface area contributed by atoms with Crippen LogP contribution < -0.4 is 0 Å². The first-order chi connectivity index (χ1) is 10.1.